The van der Waals surface area contributed by atoms with E-state index in [0.29, 0.717) is 12.5 Å². The Labute approximate surface area is 114 Å². The number of aliphatic hydroxyl groups excluding tert-OH is 1. The molecule has 0 saturated heterocycles. The molecule has 2 amide bonds. The van der Waals surface area contributed by atoms with Gasteiger partial charge in [-0.25, -0.2) is 4.79 Å². The molecular formula is C15H22N2O2. The number of aliphatic hydroxyl groups is 1. The van der Waals surface area contributed by atoms with Crippen molar-refractivity contribution in [3.05, 3.63) is 29.8 Å². The molecule has 1 aliphatic rings. The van der Waals surface area contributed by atoms with Crippen molar-refractivity contribution >= 4 is 11.7 Å². The van der Waals surface area contributed by atoms with Crippen LogP contribution in [0, 0.1) is 0 Å². The van der Waals surface area contributed by atoms with Gasteiger partial charge >= 0.3 is 6.03 Å². The highest BCUT2D eigenvalue weighted by Gasteiger charge is 2.15. The number of benzene rings is 1. The van der Waals surface area contributed by atoms with E-state index >= 15 is 0 Å². The van der Waals surface area contributed by atoms with Gasteiger partial charge in [-0.3, -0.25) is 0 Å². The number of carbonyl (C=O) groups excluding carboxylic acids is 1. The van der Waals surface area contributed by atoms with Gasteiger partial charge in [-0.1, -0.05) is 31.4 Å². The van der Waals surface area contributed by atoms with Gasteiger partial charge in [0.2, 0.25) is 0 Å². The van der Waals surface area contributed by atoms with Crippen LogP contribution >= 0.6 is 0 Å². The maximum atomic E-state index is 11.8. The molecule has 1 aromatic carbocycles. The molecule has 1 aliphatic carbocycles. The minimum absolute atomic E-state index is 0.123. The number of hydrogen-bond donors (Lipinski definition) is 3. The van der Waals surface area contributed by atoms with Gasteiger partial charge in [0.05, 0.1) is 0 Å². The van der Waals surface area contributed by atoms with E-state index in [-0.39, 0.29) is 12.6 Å². The number of carbonyl (C=O) groups is 1. The Balaban J connectivity index is 1.80. The fourth-order valence-electron chi connectivity index (χ4n) is 2.48. The monoisotopic (exact) mass is 262 g/mol. The first kappa shape index (κ1) is 13.9. The van der Waals surface area contributed by atoms with Crippen LogP contribution in [0.25, 0.3) is 0 Å². The van der Waals surface area contributed by atoms with Crippen LogP contribution in [0.5, 0.6) is 0 Å². The zero-order chi connectivity index (χ0) is 13.5. The minimum Gasteiger partial charge on any atom is -0.396 e. The third-order valence-corrected chi connectivity index (χ3v) is 3.55. The van der Waals surface area contributed by atoms with Crippen molar-refractivity contribution in [3.63, 3.8) is 0 Å². The lowest BCUT2D eigenvalue weighted by atomic mass is 9.96. The maximum Gasteiger partial charge on any atom is 0.319 e. The van der Waals surface area contributed by atoms with E-state index < -0.39 is 0 Å². The van der Waals surface area contributed by atoms with E-state index in [1.807, 2.05) is 24.3 Å². The van der Waals surface area contributed by atoms with Crippen molar-refractivity contribution in [2.75, 3.05) is 11.9 Å². The summed E-state index contributed by atoms with van der Waals surface area (Å²) in [5.74, 6) is 0. The first-order valence-corrected chi connectivity index (χ1v) is 7.05. The Bertz CT molecular complexity index is 397. The van der Waals surface area contributed by atoms with Crippen molar-refractivity contribution in [1.29, 1.82) is 0 Å². The van der Waals surface area contributed by atoms with Gasteiger partial charge < -0.3 is 15.7 Å². The number of anilines is 1. The lowest BCUT2D eigenvalue weighted by molar-refractivity contribution is 0.244. The summed E-state index contributed by atoms with van der Waals surface area (Å²) >= 11 is 0. The standard InChI is InChI=1S/C15H22N2O2/c18-11-10-12-6-8-14(9-7-12)17-15(19)16-13-4-2-1-3-5-13/h6-9,13,18H,1-5,10-11H2,(H2,16,17,19). The number of hydrogen-bond acceptors (Lipinski definition) is 2. The van der Waals surface area contributed by atoms with E-state index in [1.54, 1.807) is 0 Å². The molecular weight excluding hydrogens is 240 g/mol. The molecule has 0 aromatic heterocycles. The van der Waals surface area contributed by atoms with E-state index in [2.05, 4.69) is 10.6 Å². The number of urea groups is 1. The average Bonchev–Trinajstić information content (AvgIpc) is 2.42. The summed E-state index contributed by atoms with van der Waals surface area (Å²) in [5, 5.41) is 14.7. The van der Waals surface area contributed by atoms with E-state index in [1.165, 1.54) is 19.3 Å². The summed E-state index contributed by atoms with van der Waals surface area (Å²) in [6, 6.07) is 7.78. The zero-order valence-corrected chi connectivity index (χ0v) is 11.2. The van der Waals surface area contributed by atoms with Crippen LogP contribution < -0.4 is 10.6 Å². The first-order chi connectivity index (χ1) is 9.28. The van der Waals surface area contributed by atoms with E-state index in [0.717, 1.165) is 24.1 Å². The first-order valence-electron chi connectivity index (χ1n) is 7.05. The SMILES string of the molecule is O=C(Nc1ccc(CCO)cc1)NC1CCCCC1. The topological polar surface area (TPSA) is 61.4 Å². The Morgan fingerprint density at radius 2 is 1.84 bits per heavy atom. The fraction of sp³-hybridized carbons (Fsp3) is 0.533. The quantitative estimate of drug-likeness (QED) is 0.781. The predicted octanol–water partition coefficient (Wildman–Crippen LogP) is 2.68. The largest absolute Gasteiger partial charge is 0.396 e. The van der Waals surface area contributed by atoms with Crippen molar-refractivity contribution in [2.24, 2.45) is 0 Å². The Morgan fingerprint density at radius 1 is 1.16 bits per heavy atom. The molecule has 2 rings (SSSR count). The molecule has 4 heteroatoms. The Kier molecular flexibility index (Phi) is 5.21. The molecule has 4 nitrogen and oxygen atoms in total. The third kappa shape index (κ3) is 4.56. The predicted molar refractivity (Wildman–Crippen MR) is 76.3 cm³/mol. The highest BCUT2D eigenvalue weighted by atomic mass is 16.3. The molecule has 1 fully saturated rings. The van der Waals surface area contributed by atoms with Crippen LogP contribution in [0.4, 0.5) is 10.5 Å². The smallest absolute Gasteiger partial charge is 0.319 e. The average molecular weight is 262 g/mol. The molecule has 0 bridgehead atoms. The van der Waals surface area contributed by atoms with Crippen LogP contribution in [0.3, 0.4) is 0 Å². The molecule has 0 heterocycles. The van der Waals surface area contributed by atoms with Crippen molar-refractivity contribution in [3.8, 4) is 0 Å². The van der Waals surface area contributed by atoms with Gasteiger partial charge in [-0.2, -0.15) is 0 Å². The second-order valence-electron chi connectivity index (χ2n) is 5.10. The van der Waals surface area contributed by atoms with Crippen LogP contribution in [-0.2, 0) is 6.42 Å². The van der Waals surface area contributed by atoms with Gasteiger partial charge in [0.1, 0.15) is 0 Å². The number of rotatable bonds is 4. The van der Waals surface area contributed by atoms with Crippen molar-refractivity contribution in [2.45, 2.75) is 44.6 Å². The fourth-order valence-corrected chi connectivity index (χ4v) is 2.48. The summed E-state index contributed by atoms with van der Waals surface area (Å²) in [5.41, 5.74) is 1.86. The van der Waals surface area contributed by atoms with Gasteiger partial charge in [0.25, 0.3) is 0 Å². The van der Waals surface area contributed by atoms with Gasteiger partial charge in [-0.05, 0) is 37.0 Å². The van der Waals surface area contributed by atoms with Crippen molar-refractivity contribution in [1.82, 2.24) is 5.32 Å². The molecule has 1 aromatic rings. The number of nitrogens with one attached hydrogen (secondary N) is 2. The van der Waals surface area contributed by atoms with Gasteiger partial charge in [-0.15, -0.1) is 0 Å². The molecule has 0 unspecified atom stereocenters. The summed E-state index contributed by atoms with van der Waals surface area (Å²) < 4.78 is 0. The van der Waals surface area contributed by atoms with Gasteiger partial charge in [0.15, 0.2) is 0 Å². The summed E-state index contributed by atoms with van der Waals surface area (Å²) in [6.45, 7) is 0.148. The van der Waals surface area contributed by atoms with E-state index in [4.69, 9.17) is 5.11 Å². The summed E-state index contributed by atoms with van der Waals surface area (Å²) in [6.07, 6.45) is 6.52. The van der Waals surface area contributed by atoms with Crippen LogP contribution in [0.15, 0.2) is 24.3 Å². The van der Waals surface area contributed by atoms with Crippen LogP contribution in [0.2, 0.25) is 0 Å². The molecule has 104 valence electrons. The van der Waals surface area contributed by atoms with Crippen LogP contribution in [0.1, 0.15) is 37.7 Å². The molecule has 19 heavy (non-hydrogen) atoms. The molecule has 3 N–H and O–H groups in total. The molecule has 0 aliphatic heterocycles. The summed E-state index contributed by atoms with van der Waals surface area (Å²) in [4.78, 5) is 11.8. The Morgan fingerprint density at radius 3 is 2.47 bits per heavy atom. The summed E-state index contributed by atoms with van der Waals surface area (Å²) in [7, 11) is 0. The van der Waals surface area contributed by atoms with Crippen LogP contribution in [-0.4, -0.2) is 23.8 Å². The molecule has 1 saturated carbocycles. The third-order valence-electron chi connectivity index (χ3n) is 3.55. The molecule has 0 radical (unpaired) electrons. The Hall–Kier alpha value is -1.55. The zero-order valence-electron chi connectivity index (χ0n) is 11.2. The number of amides is 2. The highest BCUT2D eigenvalue weighted by molar-refractivity contribution is 5.89. The molecule has 0 spiro atoms. The maximum absolute atomic E-state index is 11.8. The highest BCUT2D eigenvalue weighted by Crippen LogP contribution is 2.17. The second kappa shape index (κ2) is 7.14. The van der Waals surface area contributed by atoms with E-state index in [9.17, 15) is 4.79 Å². The lowest BCUT2D eigenvalue weighted by Gasteiger charge is -2.22. The van der Waals surface area contributed by atoms with Crippen molar-refractivity contribution < 1.29 is 9.90 Å². The minimum atomic E-state index is -0.123. The normalized spacial score (nSPS) is 16.1. The second-order valence-corrected chi connectivity index (χ2v) is 5.10. The lowest BCUT2D eigenvalue weighted by Crippen LogP contribution is -2.38. The van der Waals surface area contributed by atoms with Gasteiger partial charge in [0, 0.05) is 18.3 Å². The molecule has 0 atom stereocenters.